The summed E-state index contributed by atoms with van der Waals surface area (Å²) < 4.78 is 0. The highest BCUT2D eigenvalue weighted by atomic mass is 35.5. The van der Waals surface area contributed by atoms with Gasteiger partial charge in [0.15, 0.2) is 0 Å². The van der Waals surface area contributed by atoms with E-state index >= 15 is 0 Å². The average molecular weight is 1560 g/mol. The number of fused-ring (bicyclic) bond motifs is 3. The number of carboxylic acid groups (broad SMARTS) is 2. The van der Waals surface area contributed by atoms with Gasteiger partial charge in [-0.2, -0.15) is 15.0 Å². The molecule has 6 N–H and O–H groups in total. The first-order valence-electron chi connectivity index (χ1n) is 40.5. The van der Waals surface area contributed by atoms with Gasteiger partial charge in [-0.15, -0.1) is 0 Å². The van der Waals surface area contributed by atoms with Gasteiger partial charge in [0.25, 0.3) is 0 Å². The normalized spacial score (nSPS) is 24.2. The van der Waals surface area contributed by atoms with Crippen LogP contribution >= 0.6 is 34.8 Å². The van der Waals surface area contributed by atoms with Crippen molar-refractivity contribution in [1.82, 2.24) is 44.6 Å². The Bertz CT molecular complexity index is 4810. The van der Waals surface area contributed by atoms with E-state index in [4.69, 9.17) is 64.7 Å². The smallest absolute Gasteiger partial charge is 0.309 e. The molecule has 9 aromatic rings. The summed E-state index contributed by atoms with van der Waals surface area (Å²) in [6.07, 6.45) is 10.6. The van der Waals surface area contributed by atoms with Crippen LogP contribution in [0, 0.1) is 67.6 Å². The number of benzene rings is 6. The van der Waals surface area contributed by atoms with E-state index in [2.05, 4.69) is 146 Å². The average Bonchev–Trinajstić information content (AvgIpc) is 0.781. The number of para-hydroxylation sites is 3. The minimum Gasteiger partial charge on any atom is -0.481 e. The number of aryl methyl sites for hydroxylation is 3. The minimum absolute atomic E-state index is 0.00107. The molecule has 2 aliphatic carbocycles. The van der Waals surface area contributed by atoms with Gasteiger partial charge in [0, 0.05) is 109 Å². The highest BCUT2D eigenvalue weighted by Crippen LogP contribution is 2.47. The molecule has 9 heterocycles. The molecule has 0 radical (unpaired) electrons. The van der Waals surface area contributed by atoms with Gasteiger partial charge >= 0.3 is 11.9 Å². The van der Waals surface area contributed by atoms with Crippen LogP contribution in [0.15, 0.2) is 127 Å². The molecule has 6 unspecified atom stereocenters. The molecule has 6 atom stereocenters. The van der Waals surface area contributed by atoms with Crippen molar-refractivity contribution in [2.75, 3.05) is 122 Å². The van der Waals surface area contributed by atoms with Crippen molar-refractivity contribution in [3.63, 3.8) is 0 Å². The van der Waals surface area contributed by atoms with E-state index in [0.717, 1.165) is 227 Å². The topological polar surface area (TPSA) is 228 Å². The van der Waals surface area contributed by atoms with Crippen LogP contribution in [-0.2, 0) is 9.59 Å². The maximum absolute atomic E-state index is 11.5. The van der Waals surface area contributed by atoms with Crippen LogP contribution < -0.4 is 30.7 Å². The highest BCUT2D eigenvalue weighted by Gasteiger charge is 2.50. The van der Waals surface area contributed by atoms with E-state index in [1.54, 1.807) is 0 Å². The number of nitrogens with one attached hydrogen (secondary N) is 3. The summed E-state index contributed by atoms with van der Waals surface area (Å²) in [5.41, 5.74) is 8.89. The summed E-state index contributed by atoms with van der Waals surface area (Å²) in [6.45, 7) is 27.9. The van der Waals surface area contributed by atoms with Crippen LogP contribution in [0.25, 0.3) is 32.7 Å². The lowest BCUT2D eigenvalue weighted by Gasteiger charge is -2.52. The van der Waals surface area contributed by atoms with Gasteiger partial charge in [-0.05, 0) is 256 Å². The molecule has 0 amide bonds. The Morgan fingerprint density at radius 3 is 1.17 bits per heavy atom. The number of aliphatic hydroxyl groups is 1. The van der Waals surface area contributed by atoms with Crippen LogP contribution in [-0.4, -0.2) is 176 Å². The van der Waals surface area contributed by atoms with Crippen molar-refractivity contribution >= 4 is 115 Å². The molecule has 3 aromatic heterocycles. The number of likely N-dealkylation sites (tertiary alicyclic amines) is 3. The first-order valence-corrected chi connectivity index (χ1v) is 41.6. The molecule has 23 heteroatoms. The molecule has 20 nitrogen and oxygen atoms in total. The van der Waals surface area contributed by atoms with Crippen LogP contribution in [0.4, 0.5) is 35.3 Å². The monoisotopic (exact) mass is 1560 g/mol. The molecular formula is C88H108Cl3N15O5. The van der Waals surface area contributed by atoms with Crippen LogP contribution in [0.3, 0.4) is 0 Å². The van der Waals surface area contributed by atoms with Gasteiger partial charge in [0.2, 0.25) is 17.8 Å². The van der Waals surface area contributed by atoms with Gasteiger partial charge in [0.05, 0.1) is 52.6 Å². The number of hydrogen-bond acceptors (Lipinski definition) is 18. The fourth-order valence-corrected chi connectivity index (χ4v) is 19.7. The molecule has 2 saturated carbocycles. The lowest BCUT2D eigenvalue weighted by Crippen LogP contribution is -2.58. The molecule has 6 saturated heterocycles. The molecule has 0 bridgehead atoms. The van der Waals surface area contributed by atoms with Crippen molar-refractivity contribution in [2.24, 2.45) is 46.8 Å². The van der Waals surface area contributed by atoms with Crippen molar-refractivity contribution in [3.8, 4) is 0 Å². The molecule has 586 valence electrons. The lowest BCUT2D eigenvalue weighted by molar-refractivity contribution is -0.158. The second-order valence-corrected chi connectivity index (χ2v) is 34.9. The number of halogens is 3. The molecule has 111 heavy (non-hydrogen) atoms. The zero-order valence-corrected chi connectivity index (χ0v) is 67.4. The third-order valence-electron chi connectivity index (χ3n) is 25.6. The third kappa shape index (κ3) is 17.5. The van der Waals surface area contributed by atoms with E-state index in [0.29, 0.717) is 47.6 Å². The van der Waals surface area contributed by atoms with Crippen LogP contribution in [0.2, 0.25) is 15.1 Å². The zero-order chi connectivity index (χ0) is 77.4. The van der Waals surface area contributed by atoms with Crippen LogP contribution in [0.5, 0.6) is 0 Å². The number of carboxylic acids is 2. The Morgan fingerprint density at radius 2 is 0.820 bits per heavy atom. The maximum Gasteiger partial charge on any atom is 0.309 e. The number of hydrogen-bond donors (Lipinski definition) is 6. The molecule has 8 aliphatic rings. The molecular weight excluding hydrogens is 1450 g/mol. The van der Waals surface area contributed by atoms with Gasteiger partial charge in [0.1, 0.15) is 17.5 Å². The van der Waals surface area contributed by atoms with Gasteiger partial charge in [-0.1, -0.05) is 108 Å². The number of rotatable bonds is 21. The molecule has 17 rings (SSSR count). The maximum atomic E-state index is 11.5. The van der Waals surface area contributed by atoms with Gasteiger partial charge in [-0.25, -0.2) is 15.0 Å². The largest absolute Gasteiger partial charge is 0.481 e. The zero-order valence-electron chi connectivity index (χ0n) is 65.2. The molecule has 6 aliphatic heterocycles. The Labute approximate surface area is 668 Å². The van der Waals surface area contributed by atoms with E-state index < -0.39 is 17.4 Å². The van der Waals surface area contributed by atoms with E-state index in [9.17, 15) is 24.9 Å². The standard InChI is InChI=1S/C31H38ClN5O2.C30H36ClN5O2.C27H34ClN5O/c1-19-10-11-24(26(32)13-19)20(2)33-28-25-8-4-5-9-27(25)34-30(35-28)37-17-22(18-37)21-7-6-12-36(16-21)23-14-31(3,15-23)29(38)39;1-18-9-10-24(26(31)12-18)19(2)32-28-25-7-3-4-8-27(25)33-30(34-28)36-16-22(17-36)20-6-5-11-35(15-20)23-13-21(14-23)29(37)38;1-18-9-10-22(24(28)14-18)19(2)29-26-23-7-3-4-8-25(23)30-27(31-26)33-16-21(17-33)20-6-5-11-32(15-20)12-13-34/h4-5,8-11,13,20-23H,6-7,12,14-18H2,1-3H3,(H,38,39)(H,33,34,35);3-4,7-10,12,19-23H,5-6,11,13-17H2,1-2H3,(H,37,38)(H,32,33,34);3-4,7-10,14,19-21,34H,5-6,11-13,15-17H2,1-2H3,(H,29,30,31). The first kappa shape index (κ1) is 78.1. The minimum atomic E-state index is -0.650. The third-order valence-corrected chi connectivity index (χ3v) is 26.6. The fourth-order valence-electron chi connectivity index (χ4n) is 18.5. The number of piperidine rings is 3. The number of aliphatic carboxylic acids is 2. The van der Waals surface area contributed by atoms with E-state index in [1.807, 2.05) is 75.4 Å². The predicted octanol–water partition coefficient (Wildman–Crippen LogP) is 16.8. The number of nitrogens with zero attached hydrogens (tertiary/aromatic N) is 12. The van der Waals surface area contributed by atoms with Crippen LogP contribution in [0.1, 0.15) is 143 Å². The first-order chi connectivity index (χ1) is 53.6. The highest BCUT2D eigenvalue weighted by molar-refractivity contribution is 6.32. The summed E-state index contributed by atoms with van der Waals surface area (Å²) in [5.74, 6) is 7.35. The fraction of sp³-hybridized carbons (Fsp3) is 0.500. The lowest BCUT2D eigenvalue weighted by atomic mass is 9.65. The SMILES string of the molecule is Cc1ccc(C(C)Nc2nc(N3CC(C4CCCN(C5CC(C(=O)O)C5)C4)C3)nc3ccccc23)c(Cl)c1.Cc1ccc(C(C)Nc2nc(N3CC(C4CCCN(C5CC(C)(C(=O)O)C5)C4)C3)nc3ccccc23)c(Cl)c1.Cc1ccc(C(C)Nc2nc(N3CC(C4CCCN(CCO)C4)C3)nc3ccccc23)c(Cl)c1. The molecule has 6 aromatic carbocycles. The number of anilines is 6. The van der Waals surface area contributed by atoms with Gasteiger partial charge < -0.3 is 60.7 Å². The Balaban J connectivity index is 0.000000132. The number of β-amino-alcohol motifs (C(OH)–C–C–N with tert-alkyl or cyclic N) is 1. The van der Waals surface area contributed by atoms with Crippen molar-refractivity contribution in [3.05, 3.63) is 176 Å². The summed E-state index contributed by atoms with van der Waals surface area (Å²) in [5, 5.41) is 44.2. The van der Waals surface area contributed by atoms with Crippen molar-refractivity contribution in [2.45, 2.75) is 143 Å². The summed E-state index contributed by atoms with van der Waals surface area (Å²) in [7, 11) is 0. The van der Waals surface area contributed by atoms with E-state index in [1.165, 1.54) is 38.5 Å². The summed E-state index contributed by atoms with van der Waals surface area (Å²) >= 11 is 19.7. The number of aromatic nitrogens is 6. The second-order valence-electron chi connectivity index (χ2n) is 33.6. The van der Waals surface area contributed by atoms with Gasteiger partial charge in [-0.3, -0.25) is 9.59 Å². The van der Waals surface area contributed by atoms with Crippen molar-refractivity contribution in [1.29, 1.82) is 0 Å². The van der Waals surface area contributed by atoms with Crippen molar-refractivity contribution < 1.29 is 24.9 Å². The Morgan fingerprint density at radius 1 is 0.468 bits per heavy atom. The van der Waals surface area contributed by atoms with E-state index in [-0.39, 0.29) is 30.7 Å². The Hall–Kier alpha value is -8.21. The Kier molecular flexibility index (Phi) is 23.8. The molecule has 8 fully saturated rings. The molecule has 0 spiro atoms. The number of aliphatic hydroxyl groups excluding tert-OH is 1. The number of carbonyl (C=O) groups is 2. The summed E-state index contributed by atoms with van der Waals surface area (Å²) in [6, 6.07) is 43.9. The second kappa shape index (κ2) is 33.8. The summed E-state index contributed by atoms with van der Waals surface area (Å²) in [4.78, 5) is 66.9. The predicted molar refractivity (Wildman–Crippen MR) is 448 cm³/mol. The quantitative estimate of drug-likeness (QED) is 0.0393.